The van der Waals surface area contributed by atoms with Crippen molar-refractivity contribution in [2.75, 3.05) is 21.3 Å². The summed E-state index contributed by atoms with van der Waals surface area (Å²) >= 11 is 3.50. The van der Waals surface area contributed by atoms with E-state index in [0.717, 1.165) is 5.39 Å². The quantitative estimate of drug-likeness (QED) is 0.633. The zero-order valence-electron chi connectivity index (χ0n) is 14.4. The number of halogens is 1. The third-order valence-electron chi connectivity index (χ3n) is 3.99. The first kappa shape index (κ1) is 18.0. The van der Waals surface area contributed by atoms with E-state index in [1.165, 1.54) is 26.4 Å². The highest BCUT2D eigenvalue weighted by Gasteiger charge is 2.21. The van der Waals surface area contributed by atoms with Crippen molar-refractivity contribution in [1.82, 2.24) is 4.98 Å². The second-order valence-corrected chi connectivity index (χ2v) is 6.19. The summed E-state index contributed by atoms with van der Waals surface area (Å²) in [6, 6.07) is 8.03. The summed E-state index contributed by atoms with van der Waals surface area (Å²) in [6.45, 7) is 0. The molecule has 0 fully saturated rings. The van der Waals surface area contributed by atoms with Crippen LogP contribution in [0.25, 0.3) is 10.8 Å². The van der Waals surface area contributed by atoms with E-state index in [9.17, 15) is 9.90 Å². The number of benzene rings is 2. The highest BCUT2D eigenvalue weighted by atomic mass is 79.9. The van der Waals surface area contributed by atoms with Gasteiger partial charge < -0.3 is 19.3 Å². The van der Waals surface area contributed by atoms with Crippen LogP contribution in [0.4, 0.5) is 0 Å². The van der Waals surface area contributed by atoms with Gasteiger partial charge in [-0.1, -0.05) is 0 Å². The first-order valence-corrected chi connectivity index (χ1v) is 8.42. The molecule has 134 valence electrons. The lowest BCUT2D eigenvalue weighted by Gasteiger charge is -2.14. The number of carbonyl (C=O) groups excluding carboxylic acids is 1. The van der Waals surface area contributed by atoms with Gasteiger partial charge in [0, 0.05) is 17.1 Å². The van der Waals surface area contributed by atoms with Crippen LogP contribution in [0.5, 0.6) is 23.0 Å². The van der Waals surface area contributed by atoms with Crippen LogP contribution in [0.2, 0.25) is 0 Å². The van der Waals surface area contributed by atoms with Crippen LogP contribution in [0.15, 0.2) is 41.0 Å². The van der Waals surface area contributed by atoms with Crippen LogP contribution >= 0.6 is 15.9 Å². The number of hydrogen-bond donors (Lipinski definition) is 1. The molecular formula is C19H16BrNO5. The third kappa shape index (κ3) is 2.94. The largest absolute Gasteiger partial charge is 0.504 e. The Morgan fingerprint density at radius 1 is 1.04 bits per heavy atom. The average molecular weight is 418 g/mol. The number of aromatic hydroxyl groups is 1. The highest BCUT2D eigenvalue weighted by molar-refractivity contribution is 9.10. The SMILES string of the molecule is COc1ccc(C(=O)c2nccc3cc(OC)c(OC)c(Br)c23)cc1O. The van der Waals surface area contributed by atoms with E-state index in [4.69, 9.17) is 14.2 Å². The molecule has 0 aliphatic rings. The monoisotopic (exact) mass is 417 g/mol. The van der Waals surface area contributed by atoms with Crippen LogP contribution in [0.3, 0.4) is 0 Å². The summed E-state index contributed by atoms with van der Waals surface area (Å²) < 4.78 is 16.3. The number of methoxy groups -OCH3 is 3. The van der Waals surface area contributed by atoms with Crippen molar-refractivity contribution >= 4 is 32.5 Å². The Morgan fingerprint density at radius 2 is 1.77 bits per heavy atom. The fourth-order valence-corrected chi connectivity index (χ4v) is 3.51. The van der Waals surface area contributed by atoms with Crippen LogP contribution in [0, 0.1) is 0 Å². The topological polar surface area (TPSA) is 77.9 Å². The molecule has 0 aliphatic heterocycles. The van der Waals surface area contributed by atoms with Gasteiger partial charge in [0.2, 0.25) is 5.78 Å². The molecule has 0 unspecified atom stereocenters. The lowest BCUT2D eigenvalue weighted by molar-refractivity contribution is 0.103. The van der Waals surface area contributed by atoms with Gasteiger partial charge in [-0.25, -0.2) is 0 Å². The molecule has 0 atom stereocenters. The molecule has 1 N–H and O–H groups in total. The zero-order valence-corrected chi connectivity index (χ0v) is 16.0. The first-order chi connectivity index (χ1) is 12.5. The maximum atomic E-state index is 13.0. The summed E-state index contributed by atoms with van der Waals surface area (Å²) in [5, 5.41) is 11.3. The molecule has 0 amide bonds. The van der Waals surface area contributed by atoms with E-state index in [-0.39, 0.29) is 17.2 Å². The van der Waals surface area contributed by atoms with Gasteiger partial charge >= 0.3 is 0 Å². The number of ketones is 1. The van der Waals surface area contributed by atoms with Crippen molar-refractivity contribution < 1.29 is 24.1 Å². The Balaban J connectivity index is 2.22. The minimum Gasteiger partial charge on any atom is -0.504 e. The number of pyridine rings is 1. The molecule has 1 heterocycles. The van der Waals surface area contributed by atoms with E-state index >= 15 is 0 Å². The predicted molar refractivity (Wildman–Crippen MR) is 101 cm³/mol. The second-order valence-electron chi connectivity index (χ2n) is 5.40. The number of nitrogens with zero attached hydrogens (tertiary/aromatic N) is 1. The fourth-order valence-electron chi connectivity index (χ4n) is 2.74. The van der Waals surface area contributed by atoms with E-state index in [1.807, 2.05) is 0 Å². The number of hydrogen-bond acceptors (Lipinski definition) is 6. The van der Waals surface area contributed by atoms with Crippen molar-refractivity contribution in [2.45, 2.75) is 0 Å². The van der Waals surface area contributed by atoms with Crippen LogP contribution < -0.4 is 14.2 Å². The lowest BCUT2D eigenvalue weighted by Crippen LogP contribution is -2.06. The number of rotatable bonds is 5. The Hall–Kier alpha value is -2.80. The van der Waals surface area contributed by atoms with Gasteiger partial charge in [-0.15, -0.1) is 0 Å². The molecule has 7 heteroatoms. The minimum absolute atomic E-state index is 0.114. The van der Waals surface area contributed by atoms with Crippen LogP contribution in [0.1, 0.15) is 16.1 Å². The van der Waals surface area contributed by atoms with Gasteiger partial charge in [0.1, 0.15) is 5.69 Å². The first-order valence-electron chi connectivity index (χ1n) is 7.62. The Bertz CT molecular complexity index is 1000. The summed E-state index contributed by atoms with van der Waals surface area (Å²) in [6.07, 6.45) is 1.55. The van der Waals surface area contributed by atoms with Crippen molar-refractivity contribution in [2.24, 2.45) is 0 Å². The number of phenols is 1. The van der Waals surface area contributed by atoms with Crippen LogP contribution in [-0.4, -0.2) is 37.2 Å². The number of ether oxygens (including phenoxy) is 3. The highest BCUT2D eigenvalue weighted by Crippen LogP contribution is 2.42. The summed E-state index contributed by atoms with van der Waals surface area (Å²) in [5.41, 5.74) is 0.532. The molecule has 26 heavy (non-hydrogen) atoms. The molecule has 3 aromatic rings. The van der Waals surface area contributed by atoms with Crippen molar-refractivity contribution in [1.29, 1.82) is 0 Å². The summed E-state index contributed by atoms with van der Waals surface area (Å²) in [4.78, 5) is 17.3. The van der Waals surface area contributed by atoms with Gasteiger partial charge in [-0.2, -0.15) is 0 Å². The summed E-state index contributed by atoms with van der Waals surface area (Å²) in [5.74, 6) is 0.858. The standard InChI is InChI=1S/C19H16BrNO5/c1-24-13-5-4-11(8-12(13)22)18(23)17-15-10(6-7-21-17)9-14(25-2)19(26-3)16(15)20/h4-9,22H,1-3H3. The molecule has 0 saturated heterocycles. The Kier molecular flexibility index (Phi) is 4.99. The van der Waals surface area contributed by atoms with Gasteiger partial charge in [0.25, 0.3) is 0 Å². The lowest BCUT2D eigenvalue weighted by atomic mass is 10.0. The molecule has 3 rings (SSSR count). The number of aromatic nitrogens is 1. The van der Waals surface area contributed by atoms with E-state index in [1.54, 1.807) is 31.5 Å². The minimum atomic E-state index is -0.332. The Morgan fingerprint density at radius 3 is 2.38 bits per heavy atom. The molecule has 0 saturated carbocycles. The Labute approximate surface area is 158 Å². The zero-order chi connectivity index (χ0) is 18.8. The molecule has 0 radical (unpaired) electrons. The number of phenolic OH excluding ortho intramolecular Hbond substituents is 1. The van der Waals surface area contributed by atoms with Gasteiger partial charge in [0.05, 0.1) is 25.8 Å². The molecule has 0 bridgehead atoms. The van der Waals surface area contributed by atoms with E-state index in [2.05, 4.69) is 20.9 Å². The average Bonchev–Trinajstić information content (AvgIpc) is 2.66. The van der Waals surface area contributed by atoms with E-state index < -0.39 is 0 Å². The molecule has 0 spiro atoms. The van der Waals surface area contributed by atoms with Gasteiger partial charge in [-0.05, 0) is 51.6 Å². The molecule has 2 aromatic carbocycles. The smallest absolute Gasteiger partial charge is 0.212 e. The summed E-state index contributed by atoms with van der Waals surface area (Å²) in [7, 11) is 4.51. The van der Waals surface area contributed by atoms with Crippen LogP contribution in [-0.2, 0) is 0 Å². The number of carbonyl (C=O) groups is 1. The van der Waals surface area contributed by atoms with Crippen molar-refractivity contribution in [3.8, 4) is 23.0 Å². The van der Waals surface area contributed by atoms with Crippen molar-refractivity contribution in [3.63, 3.8) is 0 Å². The molecule has 6 nitrogen and oxygen atoms in total. The van der Waals surface area contributed by atoms with Gasteiger partial charge in [0.15, 0.2) is 23.0 Å². The normalized spacial score (nSPS) is 10.6. The van der Waals surface area contributed by atoms with Gasteiger partial charge in [-0.3, -0.25) is 9.78 Å². The molecular weight excluding hydrogens is 402 g/mol. The molecule has 0 aliphatic carbocycles. The van der Waals surface area contributed by atoms with E-state index in [0.29, 0.717) is 32.7 Å². The predicted octanol–water partition coefficient (Wildman–Crippen LogP) is 3.96. The number of fused-ring (bicyclic) bond motifs is 1. The third-order valence-corrected chi connectivity index (χ3v) is 4.75. The fraction of sp³-hybridized carbons (Fsp3) is 0.158. The maximum Gasteiger partial charge on any atom is 0.212 e. The molecule has 1 aromatic heterocycles. The second kappa shape index (κ2) is 7.21. The van der Waals surface area contributed by atoms with Crippen molar-refractivity contribution in [3.05, 3.63) is 52.3 Å². The maximum absolute atomic E-state index is 13.0.